The molecule has 0 radical (unpaired) electrons. The van der Waals surface area contributed by atoms with Crippen molar-refractivity contribution in [3.8, 4) is 0 Å². The molecule has 4 nitrogen and oxygen atoms in total. The quantitative estimate of drug-likeness (QED) is 0.743. The molecule has 0 aromatic rings. The van der Waals surface area contributed by atoms with E-state index in [0.717, 1.165) is 19.5 Å². The minimum Gasteiger partial charge on any atom is -0.372 e. The lowest BCUT2D eigenvalue weighted by molar-refractivity contribution is -0.143. The third kappa shape index (κ3) is 2.92. The second kappa shape index (κ2) is 5.47. The molecule has 4 heteroatoms. The van der Waals surface area contributed by atoms with E-state index in [2.05, 4.69) is 6.92 Å². The molecule has 2 N–H and O–H groups in total. The van der Waals surface area contributed by atoms with Gasteiger partial charge in [0.1, 0.15) is 6.10 Å². The number of ether oxygens (including phenoxy) is 1. The van der Waals surface area contributed by atoms with Crippen LogP contribution >= 0.6 is 0 Å². The minimum absolute atomic E-state index is 0.0860. The van der Waals surface area contributed by atoms with Crippen LogP contribution in [0.2, 0.25) is 0 Å². The first kappa shape index (κ1) is 12.5. The summed E-state index contributed by atoms with van der Waals surface area (Å²) in [4.78, 5) is 13.7. The molecule has 1 amide bonds. The summed E-state index contributed by atoms with van der Waals surface area (Å²) in [6, 6.07) is 0. The molecule has 0 aromatic heterocycles. The predicted octanol–water partition coefficient (Wildman–Crippen LogP) is 0.465. The Morgan fingerprint density at radius 2 is 2.33 bits per heavy atom. The molecular weight excluding hydrogens is 192 g/mol. The van der Waals surface area contributed by atoms with Crippen LogP contribution in [0.3, 0.4) is 0 Å². The molecule has 0 aromatic carbocycles. The van der Waals surface area contributed by atoms with Crippen LogP contribution in [0.1, 0.15) is 20.3 Å². The zero-order valence-corrected chi connectivity index (χ0v) is 9.90. The number of nitrogens with two attached hydrogens (primary N) is 1. The van der Waals surface area contributed by atoms with Crippen molar-refractivity contribution < 1.29 is 9.53 Å². The molecule has 15 heavy (non-hydrogen) atoms. The van der Waals surface area contributed by atoms with Crippen molar-refractivity contribution in [2.45, 2.75) is 26.4 Å². The van der Waals surface area contributed by atoms with E-state index in [1.807, 2.05) is 4.90 Å². The molecule has 0 bridgehead atoms. The Hall–Kier alpha value is -0.610. The minimum atomic E-state index is -0.336. The molecule has 0 saturated carbocycles. The van der Waals surface area contributed by atoms with Gasteiger partial charge in [-0.05, 0) is 31.7 Å². The molecule has 1 rings (SSSR count). The fourth-order valence-electron chi connectivity index (χ4n) is 2.01. The van der Waals surface area contributed by atoms with Crippen molar-refractivity contribution in [3.05, 3.63) is 0 Å². The first-order valence-electron chi connectivity index (χ1n) is 5.61. The van der Waals surface area contributed by atoms with Crippen molar-refractivity contribution in [1.82, 2.24) is 4.90 Å². The SMILES string of the molecule is COC(C)C(=O)N1CCC(C)C(CN)C1. The Kier molecular flexibility index (Phi) is 4.54. The fourth-order valence-corrected chi connectivity index (χ4v) is 2.01. The first-order chi connectivity index (χ1) is 7.10. The summed E-state index contributed by atoms with van der Waals surface area (Å²) in [6.07, 6.45) is 0.709. The lowest BCUT2D eigenvalue weighted by Crippen LogP contribution is -2.48. The van der Waals surface area contributed by atoms with Crippen molar-refractivity contribution in [2.24, 2.45) is 17.6 Å². The van der Waals surface area contributed by atoms with E-state index in [1.54, 1.807) is 14.0 Å². The van der Waals surface area contributed by atoms with E-state index in [4.69, 9.17) is 10.5 Å². The maximum absolute atomic E-state index is 11.9. The highest BCUT2D eigenvalue weighted by Gasteiger charge is 2.29. The third-order valence-electron chi connectivity index (χ3n) is 3.43. The van der Waals surface area contributed by atoms with Gasteiger partial charge in [-0.2, -0.15) is 0 Å². The Morgan fingerprint density at radius 3 is 2.87 bits per heavy atom. The standard InChI is InChI=1S/C11H22N2O2/c1-8-4-5-13(7-10(8)6-12)11(14)9(2)15-3/h8-10H,4-7,12H2,1-3H3. The predicted molar refractivity (Wildman–Crippen MR) is 59.4 cm³/mol. The fraction of sp³-hybridized carbons (Fsp3) is 0.909. The van der Waals surface area contributed by atoms with Gasteiger partial charge in [0.2, 0.25) is 0 Å². The number of carbonyl (C=O) groups is 1. The van der Waals surface area contributed by atoms with Crippen LogP contribution in [-0.2, 0) is 9.53 Å². The van der Waals surface area contributed by atoms with E-state index in [9.17, 15) is 4.79 Å². The summed E-state index contributed by atoms with van der Waals surface area (Å²) in [7, 11) is 1.57. The van der Waals surface area contributed by atoms with E-state index < -0.39 is 0 Å². The number of piperidine rings is 1. The van der Waals surface area contributed by atoms with Crippen molar-refractivity contribution >= 4 is 5.91 Å². The number of rotatable bonds is 3. The average Bonchev–Trinajstić information content (AvgIpc) is 2.27. The summed E-state index contributed by atoms with van der Waals surface area (Å²) in [5, 5.41) is 0. The molecule has 3 unspecified atom stereocenters. The van der Waals surface area contributed by atoms with Gasteiger partial charge in [0, 0.05) is 20.2 Å². The molecule has 1 fully saturated rings. The smallest absolute Gasteiger partial charge is 0.251 e. The Morgan fingerprint density at radius 1 is 1.67 bits per heavy atom. The van der Waals surface area contributed by atoms with Gasteiger partial charge in [-0.1, -0.05) is 6.92 Å². The highest BCUT2D eigenvalue weighted by Crippen LogP contribution is 2.22. The highest BCUT2D eigenvalue weighted by molar-refractivity contribution is 5.80. The van der Waals surface area contributed by atoms with Crippen LogP contribution in [0.25, 0.3) is 0 Å². The summed E-state index contributed by atoms with van der Waals surface area (Å²) in [6.45, 7) is 6.28. The second-order valence-corrected chi connectivity index (χ2v) is 4.42. The van der Waals surface area contributed by atoms with Gasteiger partial charge < -0.3 is 15.4 Å². The average molecular weight is 214 g/mol. The van der Waals surface area contributed by atoms with Crippen LogP contribution in [-0.4, -0.2) is 43.7 Å². The first-order valence-corrected chi connectivity index (χ1v) is 5.61. The number of hydrogen-bond acceptors (Lipinski definition) is 3. The summed E-state index contributed by atoms with van der Waals surface area (Å²) in [5.74, 6) is 1.14. The van der Waals surface area contributed by atoms with Gasteiger partial charge in [0.05, 0.1) is 0 Å². The van der Waals surface area contributed by atoms with E-state index in [1.165, 1.54) is 0 Å². The number of carbonyl (C=O) groups excluding carboxylic acids is 1. The Balaban J connectivity index is 2.54. The second-order valence-electron chi connectivity index (χ2n) is 4.42. The van der Waals surface area contributed by atoms with Crippen molar-refractivity contribution in [2.75, 3.05) is 26.7 Å². The molecule has 1 heterocycles. The van der Waals surface area contributed by atoms with E-state index in [0.29, 0.717) is 18.4 Å². The number of nitrogens with zero attached hydrogens (tertiary/aromatic N) is 1. The van der Waals surface area contributed by atoms with Gasteiger partial charge in [-0.25, -0.2) is 0 Å². The van der Waals surface area contributed by atoms with Crippen LogP contribution in [0.5, 0.6) is 0 Å². The van der Waals surface area contributed by atoms with Crippen LogP contribution in [0.4, 0.5) is 0 Å². The monoisotopic (exact) mass is 214 g/mol. The summed E-state index contributed by atoms with van der Waals surface area (Å²) < 4.78 is 5.04. The van der Waals surface area contributed by atoms with Crippen molar-refractivity contribution in [1.29, 1.82) is 0 Å². The number of amides is 1. The number of hydrogen-bond donors (Lipinski definition) is 1. The van der Waals surface area contributed by atoms with Crippen LogP contribution < -0.4 is 5.73 Å². The van der Waals surface area contributed by atoms with Gasteiger partial charge in [-0.15, -0.1) is 0 Å². The maximum atomic E-state index is 11.9. The maximum Gasteiger partial charge on any atom is 0.251 e. The van der Waals surface area contributed by atoms with Crippen molar-refractivity contribution in [3.63, 3.8) is 0 Å². The molecule has 0 aliphatic carbocycles. The van der Waals surface area contributed by atoms with E-state index in [-0.39, 0.29) is 12.0 Å². The molecule has 1 aliphatic rings. The zero-order chi connectivity index (χ0) is 11.4. The summed E-state index contributed by atoms with van der Waals surface area (Å²) >= 11 is 0. The zero-order valence-electron chi connectivity index (χ0n) is 9.90. The molecule has 3 atom stereocenters. The number of likely N-dealkylation sites (tertiary alicyclic amines) is 1. The lowest BCUT2D eigenvalue weighted by Gasteiger charge is -2.37. The lowest BCUT2D eigenvalue weighted by atomic mass is 9.87. The van der Waals surface area contributed by atoms with Gasteiger partial charge in [0.25, 0.3) is 5.91 Å². The third-order valence-corrected chi connectivity index (χ3v) is 3.43. The topological polar surface area (TPSA) is 55.6 Å². The Bertz CT molecular complexity index is 221. The summed E-state index contributed by atoms with van der Waals surface area (Å²) in [5.41, 5.74) is 5.70. The van der Waals surface area contributed by atoms with Crippen LogP contribution in [0, 0.1) is 11.8 Å². The van der Waals surface area contributed by atoms with Crippen LogP contribution in [0.15, 0.2) is 0 Å². The van der Waals surface area contributed by atoms with Gasteiger partial charge in [0.15, 0.2) is 0 Å². The van der Waals surface area contributed by atoms with E-state index >= 15 is 0 Å². The molecular formula is C11H22N2O2. The Labute approximate surface area is 91.8 Å². The largest absolute Gasteiger partial charge is 0.372 e. The highest BCUT2D eigenvalue weighted by atomic mass is 16.5. The number of methoxy groups -OCH3 is 1. The molecule has 1 saturated heterocycles. The molecule has 1 aliphatic heterocycles. The molecule has 88 valence electrons. The van der Waals surface area contributed by atoms with Gasteiger partial charge >= 0.3 is 0 Å². The normalized spacial score (nSPS) is 28.9. The molecule has 0 spiro atoms. The van der Waals surface area contributed by atoms with Gasteiger partial charge in [-0.3, -0.25) is 4.79 Å².